The molecule has 4 saturated heterocycles. The molecule has 4 amide bonds. The lowest BCUT2D eigenvalue weighted by atomic mass is 9.89. The molecule has 0 spiro atoms. The van der Waals surface area contributed by atoms with E-state index < -0.39 is 35.3 Å². The molecule has 3 N–H and O–H groups in total. The van der Waals surface area contributed by atoms with Crippen molar-refractivity contribution in [1.82, 2.24) is 30.2 Å². The van der Waals surface area contributed by atoms with Crippen LogP contribution in [0.5, 0.6) is 5.75 Å². The van der Waals surface area contributed by atoms with Gasteiger partial charge in [0, 0.05) is 82.9 Å². The summed E-state index contributed by atoms with van der Waals surface area (Å²) in [5, 5.41) is 24.9. The number of phenols is 1. The number of carbonyl (C=O) groups excluding carboxylic acids is 4. The molecule has 0 saturated carbocycles. The molecular weight excluding hydrogens is 705 g/mol. The van der Waals surface area contributed by atoms with Gasteiger partial charge in [-0.3, -0.25) is 34.3 Å². The van der Waals surface area contributed by atoms with E-state index >= 15 is 4.39 Å². The SMILES string of the molecule is O=C1CCC(N2C(=O)c3ccc(N4CCC(F)(CN5CCC(CN6CCN7c8cc(-c9ccccc9O)nnc8NCC7C6)CC5)CC4)cc3C2=O)C(=O)N1. The summed E-state index contributed by atoms with van der Waals surface area (Å²) in [6.45, 7) is 7.84. The number of hydrogen-bond acceptors (Lipinski definition) is 12. The summed E-state index contributed by atoms with van der Waals surface area (Å²) >= 11 is 0. The molecule has 6 aliphatic rings. The van der Waals surface area contributed by atoms with Crippen LogP contribution in [-0.4, -0.2) is 137 Å². The maximum atomic E-state index is 16.3. The number of rotatable bonds is 7. The number of benzene rings is 2. The maximum absolute atomic E-state index is 16.3. The summed E-state index contributed by atoms with van der Waals surface area (Å²) in [4.78, 5) is 60.8. The van der Waals surface area contributed by atoms with Gasteiger partial charge < -0.3 is 25.1 Å². The van der Waals surface area contributed by atoms with Crippen molar-refractivity contribution in [2.45, 2.75) is 56.3 Å². The fourth-order valence-corrected chi connectivity index (χ4v) is 9.41. The minimum atomic E-state index is -1.29. The molecule has 0 bridgehead atoms. The normalized spacial score (nSPS) is 24.6. The van der Waals surface area contributed by atoms with Crippen LogP contribution in [0, 0.1) is 5.92 Å². The van der Waals surface area contributed by atoms with Gasteiger partial charge in [-0.05, 0) is 74.7 Å². The summed E-state index contributed by atoms with van der Waals surface area (Å²) < 4.78 is 16.3. The van der Waals surface area contributed by atoms with Crippen molar-refractivity contribution in [3.63, 3.8) is 0 Å². The summed E-state index contributed by atoms with van der Waals surface area (Å²) in [5.74, 6) is -0.564. The minimum Gasteiger partial charge on any atom is -0.507 e. The monoisotopic (exact) mass is 751 g/mol. The second-order valence-electron chi connectivity index (χ2n) is 16.0. The van der Waals surface area contributed by atoms with E-state index in [4.69, 9.17) is 0 Å². The predicted octanol–water partition coefficient (Wildman–Crippen LogP) is 2.89. The number of anilines is 3. The lowest BCUT2D eigenvalue weighted by Crippen LogP contribution is -2.58. The minimum absolute atomic E-state index is 0.0701. The van der Waals surface area contributed by atoms with Crippen molar-refractivity contribution in [1.29, 1.82) is 0 Å². The van der Waals surface area contributed by atoms with Crippen LogP contribution < -0.4 is 20.4 Å². The first-order chi connectivity index (χ1) is 26.6. The largest absolute Gasteiger partial charge is 0.507 e. The zero-order chi connectivity index (χ0) is 37.8. The molecule has 2 atom stereocenters. The standard InChI is InChI=1S/C40H46FN9O5/c41-40(11-15-48(16-12-40)26-5-6-28-30(19-26)39(55)50(38(28)54)32-7-8-35(52)43-37(32)53)24-46-13-9-25(10-14-46)22-47-17-18-49-27(23-47)21-42-36-33(49)20-31(44-45-36)29-3-1-2-4-34(29)51/h1-6,19-20,25,27,32,51H,7-18,21-24H2,(H,42,45)(H,43,52,53). The Hall–Kier alpha value is -5.15. The number of alkyl halides is 1. The number of halogens is 1. The van der Waals surface area contributed by atoms with Gasteiger partial charge in [0.15, 0.2) is 5.82 Å². The first-order valence-electron chi connectivity index (χ1n) is 19.5. The van der Waals surface area contributed by atoms with Gasteiger partial charge in [-0.15, -0.1) is 10.2 Å². The Morgan fingerprint density at radius 1 is 0.836 bits per heavy atom. The van der Waals surface area contributed by atoms with Crippen molar-refractivity contribution in [2.75, 3.05) is 80.6 Å². The zero-order valence-electron chi connectivity index (χ0n) is 30.8. The Bertz CT molecular complexity index is 2030. The summed E-state index contributed by atoms with van der Waals surface area (Å²) in [5.41, 5.74) is 2.31. The zero-order valence-corrected chi connectivity index (χ0v) is 30.8. The van der Waals surface area contributed by atoms with Gasteiger partial charge in [0.2, 0.25) is 11.8 Å². The molecule has 9 rings (SSSR count). The number of phenolic OH excluding ortho intramolecular Hbond substituents is 1. The van der Waals surface area contributed by atoms with Gasteiger partial charge in [0.25, 0.3) is 11.8 Å². The van der Waals surface area contributed by atoms with Crippen LogP contribution in [0.2, 0.25) is 0 Å². The van der Waals surface area contributed by atoms with Crippen molar-refractivity contribution < 1.29 is 28.7 Å². The fraction of sp³-hybridized carbons (Fsp3) is 0.500. The highest BCUT2D eigenvalue weighted by atomic mass is 19.1. The molecule has 288 valence electrons. The number of para-hydroxylation sites is 1. The van der Waals surface area contributed by atoms with E-state index in [1.54, 1.807) is 30.3 Å². The average Bonchev–Trinajstić information content (AvgIpc) is 3.43. The maximum Gasteiger partial charge on any atom is 0.262 e. The number of piperazine rings is 1. The van der Waals surface area contributed by atoms with E-state index in [-0.39, 0.29) is 29.7 Å². The van der Waals surface area contributed by atoms with E-state index in [9.17, 15) is 24.3 Å². The Balaban J connectivity index is 0.745. The van der Waals surface area contributed by atoms with E-state index in [0.717, 1.165) is 80.7 Å². The molecule has 55 heavy (non-hydrogen) atoms. The summed E-state index contributed by atoms with van der Waals surface area (Å²) in [7, 11) is 0. The Morgan fingerprint density at radius 3 is 2.40 bits per heavy atom. The second kappa shape index (κ2) is 14.2. The van der Waals surface area contributed by atoms with Gasteiger partial charge in [-0.1, -0.05) is 12.1 Å². The van der Waals surface area contributed by atoms with Crippen molar-refractivity contribution in [2.24, 2.45) is 5.92 Å². The Labute approximate surface area is 318 Å². The van der Waals surface area contributed by atoms with Crippen LogP contribution in [0.25, 0.3) is 11.3 Å². The lowest BCUT2D eigenvalue weighted by molar-refractivity contribution is -0.136. The number of nitrogens with zero attached hydrogens (tertiary/aromatic N) is 7. The number of likely N-dealkylation sites (tertiary alicyclic amines) is 1. The molecule has 14 nitrogen and oxygen atoms in total. The number of nitrogens with one attached hydrogen (secondary N) is 2. The summed E-state index contributed by atoms with van der Waals surface area (Å²) in [6, 6.07) is 13.6. The average molecular weight is 752 g/mol. The number of aromatic nitrogens is 2. The van der Waals surface area contributed by atoms with Crippen molar-refractivity contribution in [3.8, 4) is 17.0 Å². The van der Waals surface area contributed by atoms with E-state index in [0.29, 0.717) is 55.7 Å². The molecule has 7 heterocycles. The van der Waals surface area contributed by atoms with Gasteiger partial charge in [0.1, 0.15) is 17.5 Å². The Morgan fingerprint density at radius 2 is 1.62 bits per heavy atom. The highest BCUT2D eigenvalue weighted by molar-refractivity contribution is 6.23. The third kappa shape index (κ3) is 6.77. The van der Waals surface area contributed by atoms with Gasteiger partial charge in [-0.2, -0.15) is 0 Å². The van der Waals surface area contributed by atoms with Gasteiger partial charge in [-0.25, -0.2) is 4.39 Å². The first-order valence-corrected chi connectivity index (χ1v) is 19.5. The van der Waals surface area contributed by atoms with Crippen LogP contribution in [-0.2, 0) is 9.59 Å². The number of amides is 4. The van der Waals surface area contributed by atoms with Gasteiger partial charge in [0.05, 0.1) is 28.6 Å². The third-order valence-corrected chi connectivity index (χ3v) is 12.5. The topological polar surface area (TPSA) is 155 Å². The molecule has 0 radical (unpaired) electrons. The van der Waals surface area contributed by atoms with Crippen molar-refractivity contribution >= 4 is 40.8 Å². The number of fused-ring (bicyclic) bond motifs is 4. The molecule has 0 aliphatic carbocycles. The van der Waals surface area contributed by atoms with Crippen LogP contribution in [0.3, 0.4) is 0 Å². The number of imide groups is 2. The van der Waals surface area contributed by atoms with Crippen LogP contribution in [0.4, 0.5) is 21.6 Å². The number of carbonyl (C=O) groups is 4. The molecule has 2 aromatic carbocycles. The van der Waals surface area contributed by atoms with E-state index in [1.807, 2.05) is 18.2 Å². The molecule has 15 heteroatoms. The van der Waals surface area contributed by atoms with Crippen molar-refractivity contribution in [3.05, 3.63) is 59.7 Å². The van der Waals surface area contributed by atoms with E-state index in [2.05, 4.69) is 40.4 Å². The molecule has 4 fully saturated rings. The number of piperidine rings is 3. The number of hydrogen-bond donors (Lipinski definition) is 3. The molecule has 1 aromatic heterocycles. The fourth-order valence-electron chi connectivity index (χ4n) is 9.41. The quantitative estimate of drug-likeness (QED) is 0.304. The Kier molecular flexibility index (Phi) is 9.16. The molecular formula is C40H46FN9O5. The second-order valence-corrected chi connectivity index (χ2v) is 16.0. The third-order valence-electron chi connectivity index (χ3n) is 12.5. The van der Waals surface area contributed by atoms with Gasteiger partial charge >= 0.3 is 0 Å². The van der Waals surface area contributed by atoms with Crippen LogP contribution >= 0.6 is 0 Å². The smallest absolute Gasteiger partial charge is 0.262 e. The van der Waals surface area contributed by atoms with Crippen LogP contribution in [0.15, 0.2) is 48.5 Å². The highest BCUT2D eigenvalue weighted by Crippen LogP contribution is 2.38. The lowest BCUT2D eigenvalue weighted by Gasteiger charge is -2.47. The molecule has 2 unspecified atom stereocenters. The highest BCUT2D eigenvalue weighted by Gasteiger charge is 2.45. The molecule has 6 aliphatic heterocycles. The van der Waals surface area contributed by atoms with E-state index in [1.165, 1.54) is 0 Å². The number of aromatic hydroxyl groups is 1. The molecule has 3 aromatic rings. The van der Waals surface area contributed by atoms with Crippen LogP contribution in [0.1, 0.15) is 59.2 Å². The summed E-state index contributed by atoms with van der Waals surface area (Å²) in [6.07, 6.45) is 3.03. The predicted molar refractivity (Wildman–Crippen MR) is 203 cm³/mol. The first kappa shape index (κ1) is 35.5.